The summed E-state index contributed by atoms with van der Waals surface area (Å²) >= 11 is 0. The molecule has 0 amide bonds. The molecule has 0 aromatic heterocycles. The highest BCUT2D eigenvalue weighted by Crippen LogP contribution is 2.14. The lowest BCUT2D eigenvalue weighted by Gasteiger charge is -2.19. The van der Waals surface area contributed by atoms with Crippen LogP contribution in [0.15, 0.2) is 24.3 Å². The smallest absolute Gasteiger partial charge is 0.119 e. The summed E-state index contributed by atoms with van der Waals surface area (Å²) in [6, 6.07) is 7.70. The highest BCUT2D eigenvalue weighted by Gasteiger charge is 2.16. The molecule has 1 saturated heterocycles. The average molecular weight is 250 g/mol. The van der Waals surface area contributed by atoms with E-state index in [1.807, 2.05) is 24.3 Å². The van der Waals surface area contributed by atoms with E-state index in [0.29, 0.717) is 19.7 Å². The van der Waals surface area contributed by atoms with Crippen molar-refractivity contribution in [3.05, 3.63) is 29.8 Å². The van der Waals surface area contributed by atoms with Crippen molar-refractivity contribution in [2.75, 3.05) is 26.2 Å². The molecule has 1 aliphatic rings. The molecule has 1 aromatic carbocycles. The lowest BCUT2D eigenvalue weighted by molar-refractivity contribution is 0.0758. The van der Waals surface area contributed by atoms with Crippen molar-refractivity contribution in [2.45, 2.75) is 25.5 Å². The zero-order chi connectivity index (χ0) is 12.8. The number of hydrogen-bond acceptors (Lipinski definition) is 4. The molecule has 1 fully saturated rings. The van der Waals surface area contributed by atoms with Crippen molar-refractivity contribution < 1.29 is 9.84 Å². The number of rotatable bonds is 6. The maximum absolute atomic E-state index is 9.91. The molecule has 0 aliphatic carbocycles. The van der Waals surface area contributed by atoms with Crippen molar-refractivity contribution in [3.63, 3.8) is 0 Å². The van der Waals surface area contributed by atoms with E-state index in [1.165, 1.54) is 12.8 Å². The van der Waals surface area contributed by atoms with Gasteiger partial charge in [0.25, 0.3) is 0 Å². The Bertz CT molecular complexity index is 365. The van der Waals surface area contributed by atoms with Gasteiger partial charge in [-0.05, 0) is 43.6 Å². The van der Waals surface area contributed by atoms with Gasteiger partial charge in [0.1, 0.15) is 18.5 Å². The normalized spacial score (nSPS) is 17.9. The standard InChI is InChI=1S/C14H22N2O2/c15-9-12-4-3-5-14(8-12)18-11-13(17)10-16-6-1-2-7-16/h3-5,8,13,17H,1-2,6-7,9-11,15H2. The highest BCUT2D eigenvalue weighted by atomic mass is 16.5. The SMILES string of the molecule is NCc1cccc(OCC(O)CN2CCCC2)c1. The lowest BCUT2D eigenvalue weighted by Crippen LogP contribution is -2.33. The van der Waals surface area contributed by atoms with Gasteiger partial charge >= 0.3 is 0 Å². The molecule has 0 bridgehead atoms. The van der Waals surface area contributed by atoms with Crippen LogP contribution in [0.25, 0.3) is 0 Å². The fourth-order valence-electron chi connectivity index (χ4n) is 2.27. The van der Waals surface area contributed by atoms with Gasteiger partial charge in [0.2, 0.25) is 0 Å². The molecule has 2 rings (SSSR count). The highest BCUT2D eigenvalue weighted by molar-refractivity contribution is 5.28. The van der Waals surface area contributed by atoms with Crippen LogP contribution in [0, 0.1) is 0 Å². The third-order valence-electron chi connectivity index (χ3n) is 3.24. The minimum Gasteiger partial charge on any atom is -0.491 e. The van der Waals surface area contributed by atoms with Gasteiger partial charge in [-0.1, -0.05) is 12.1 Å². The maximum Gasteiger partial charge on any atom is 0.119 e. The Morgan fingerprint density at radius 1 is 1.33 bits per heavy atom. The number of ether oxygens (including phenoxy) is 1. The topological polar surface area (TPSA) is 58.7 Å². The van der Waals surface area contributed by atoms with Crippen LogP contribution in [0.3, 0.4) is 0 Å². The van der Waals surface area contributed by atoms with Gasteiger partial charge in [0, 0.05) is 13.1 Å². The van der Waals surface area contributed by atoms with E-state index in [4.69, 9.17) is 10.5 Å². The molecule has 0 saturated carbocycles. The maximum atomic E-state index is 9.91. The molecule has 4 nitrogen and oxygen atoms in total. The summed E-state index contributed by atoms with van der Waals surface area (Å²) in [4.78, 5) is 2.28. The van der Waals surface area contributed by atoms with Crippen LogP contribution in [0.1, 0.15) is 18.4 Å². The molecule has 0 spiro atoms. The van der Waals surface area contributed by atoms with E-state index in [0.717, 1.165) is 24.4 Å². The van der Waals surface area contributed by atoms with Gasteiger partial charge in [-0.25, -0.2) is 0 Å². The zero-order valence-corrected chi connectivity index (χ0v) is 10.7. The van der Waals surface area contributed by atoms with Gasteiger partial charge in [-0.2, -0.15) is 0 Å². The summed E-state index contributed by atoms with van der Waals surface area (Å²) in [5.41, 5.74) is 6.62. The van der Waals surface area contributed by atoms with Gasteiger partial charge < -0.3 is 20.5 Å². The largest absolute Gasteiger partial charge is 0.491 e. The summed E-state index contributed by atoms with van der Waals surface area (Å²) in [5.74, 6) is 0.776. The van der Waals surface area contributed by atoms with E-state index >= 15 is 0 Å². The quantitative estimate of drug-likeness (QED) is 0.790. The third-order valence-corrected chi connectivity index (χ3v) is 3.24. The summed E-state index contributed by atoms with van der Waals surface area (Å²) in [6.07, 6.45) is 2.06. The van der Waals surface area contributed by atoms with Crippen LogP contribution < -0.4 is 10.5 Å². The molecule has 1 aromatic rings. The summed E-state index contributed by atoms with van der Waals surface area (Å²) in [5, 5.41) is 9.91. The van der Waals surface area contributed by atoms with Crippen LogP contribution >= 0.6 is 0 Å². The monoisotopic (exact) mass is 250 g/mol. The van der Waals surface area contributed by atoms with E-state index in [-0.39, 0.29) is 0 Å². The number of β-amino-alcohol motifs (C(OH)–C–C–N with tert-alkyl or cyclic N) is 1. The lowest BCUT2D eigenvalue weighted by atomic mass is 10.2. The Kier molecular flexibility index (Phi) is 4.99. The number of aliphatic hydroxyl groups excluding tert-OH is 1. The first-order valence-electron chi connectivity index (χ1n) is 6.60. The molecule has 1 unspecified atom stereocenters. The minimum atomic E-state index is -0.426. The fourth-order valence-corrected chi connectivity index (χ4v) is 2.27. The molecule has 3 N–H and O–H groups in total. The van der Waals surface area contributed by atoms with E-state index in [2.05, 4.69) is 4.90 Å². The summed E-state index contributed by atoms with van der Waals surface area (Å²) in [7, 11) is 0. The van der Waals surface area contributed by atoms with Gasteiger partial charge in [0.05, 0.1) is 0 Å². The van der Waals surface area contributed by atoms with Crippen LogP contribution in [0.5, 0.6) is 5.75 Å². The summed E-state index contributed by atoms with van der Waals surface area (Å²) in [6.45, 7) is 3.74. The first-order valence-corrected chi connectivity index (χ1v) is 6.60. The molecule has 0 radical (unpaired) electrons. The van der Waals surface area contributed by atoms with E-state index in [9.17, 15) is 5.11 Å². The van der Waals surface area contributed by atoms with Gasteiger partial charge in [0.15, 0.2) is 0 Å². The molecule has 1 atom stereocenters. The fraction of sp³-hybridized carbons (Fsp3) is 0.571. The molecule has 1 aliphatic heterocycles. The number of benzene rings is 1. The Hall–Kier alpha value is -1.10. The number of nitrogens with zero attached hydrogens (tertiary/aromatic N) is 1. The van der Waals surface area contributed by atoms with E-state index in [1.54, 1.807) is 0 Å². The zero-order valence-electron chi connectivity index (χ0n) is 10.7. The van der Waals surface area contributed by atoms with Gasteiger partial charge in [-0.3, -0.25) is 0 Å². The average Bonchev–Trinajstić information content (AvgIpc) is 2.89. The predicted molar refractivity (Wildman–Crippen MR) is 71.5 cm³/mol. The Morgan fingerprint density at radius 2 is 2.11 bits per heavy atom. The van der Waals surface area contributed by atoms with E-state index < -0.39 is 6.10 Å². The van der Waals surface area contributed by atoms with Crippen molar-refractivity contribution in [1.29, 1.82) is 0 Å². The Balaban J connectivity index is 1.75. The van der Waals surface area contributed by atoms with Crippen LogP contribution in [-0.4, -0.2) is 42.4 Å². The number of aliphatic hydroxyl groups is 1. The number of nitrogens with two attached hydrogens (primary N) is 1. The molecule has 18 heavy (non-hydrogen) atoms. The Morgan fingerprint density at radius 3 is 2.83 bits per heavy atom. The molecule has 100 valence electrons. The van der Waals surface area contributed by atoms with Crippen molar-refractivity contribution in [3.8, 4) is 5.75 Å². The van der Waals surface area contributed by atoms with Crippen LogP contribution in [-0.2, 0) is 6.54 Å². The molecular weight excluding hydrogens is 228 g/mol. The Labute approximate surface area is 108 Å². The molecule has 1 heterocycles. The number of likely N-dealkylation sites (tertiary alicyclic amines) is 1. The molecular formula is C14H22N2O2. The van der Waals surface area contributed by atoms with Gasteiger partial charge in [-0.15, -0.1) is 0 Å². The first kappa shape index (κ1) is 13.3. The second-order valence-electron chi connectivity index (χ2n) is 4.82. The number of hydrogen-bond donors (Lipinski definition) is 2. The first-order chi connectivity index (χ1) is 8.78. The summed E-state index contributed by atoms with van der Waals surface area (Å²) < 4.78 is 5.59. The van der Waals surface area contributed by atoms with Crippen molar-refractivity contribution >= 4 is 0 Å². The third kappa shape index (κ3) is 3.98. The predicted octanol–water partition coefficient (Wildman–Crippen LogP) is 0.981. The second kappa shape index (κ2) is 6.73. The minimum absolute atomic E-state index is 0.338. The second-order valence-corrected chi connectivity index (χ2v) is 4.82. The van der Waals surface area contributed by atoms with Crippen LogP contribution in [0.4, 0.5) is 0 Å². The van der Waals surface area contributed by atoms with Crippen molar-refractivity contribution in [1.82, 2.24) is 4.90 Å². The van der Waals surface area contributed by atoms with Crippen molar-refractivity contribution in [2.24, 2.45) is 5.73 Å². The van der Waals surface area contributed by atoms with Crippen LogP contribution in [0.2, 0.25) is 0 Å². The molecule has 4 heteroatoms.